The lowest BCUT2D eigenvalue weighted by Crippen LogP contribution is -2.51. The smallest absolute Gasteiger partial charge is 0.416 e. The number of methoxy groups -OCH3 is 1. The number of nitrogens with one attached hydrogen (secondary N) is 1. The molecule has 190 valence electrons. The number of hydrogen-bond donors (Lipinski definition) is 1. The molecule has 0 saturated carbocycles. The maximum absolute atomic E-state index is 13.5. The van der Waals surface area contributed by atoms with E-state index in [-0.39, 0.29) is 29.6 Å². The Labute approximate surface area is 206 Å². The Morgan fingerprint density at radius 1 is 1.17 bits per heavy atom. The van der Waals surface area contributed by atoms with Gasteiger partial charge in [-0.2, -0.15) is 13.2 Å². The fourth-order valence-electron chi connectivity index (χ4n) is 4.47. The van der Waals surface area contributed by atoms with E-state index in [4.69, 9.17) is 9.47 Å². The van der Waals surface area contributed by atoms with Gasteiger partial charge in [-0.1, -0.05) is 29.8 Å². The van der Waals surface area contributed by atoms with Crippen LogP contribution in [0, 0.1) is 12.8 Å². The number of benzene rings is 2. The molecule has 2 aromatic rings. The Hall–Kier alpha value is -3.82. The van der Waals surface area contributed by atoms with Crippen molar-refractivity contribution in [2.24, 2.45) is 10.9 Å². The number of ether oxygens (including phenoxy) is 2. The molecule has 2 aromatic carbocycles. The lowest BCUT2D eigenvalue weighted by Gasteiger charge is -2.34. The molecule has 36 heavy (non-hydrogen) atoms. The van der Waals surface area contributed by atoms with Gasteiger partial charge in [0.15, 0.2) is 11.5 Å². The summed E-state index contributed by atoms with van der Waals surface area (Å²) in [5, 5.41) is 2.71. The van der Waals surface area contributed by atoms with E-state index in [1.54, 1.807) is 45.3 Å². The zero-order valence-electron chi connectivity index (χ0n) is 20.3. The molecule has 1 N–H and O–H groups in total. The number of amides is 2. The first-order valence-corrected chi connectivity index (χ1v) is 11.3. The number of aryl methyl sites for hydroxylation is 1. The van der Waals surface area contributed by atoms with Crippen LogP contribution in [-0.2, 0) is 22.4 Å². The van der Waals surface area contributed by atoms with Crippen LogP contribution in [0.3, 0.4) is 0 Å². The van der Waals surface area contributed by atoms with Gasteiger partial charge in [-0.15, -0.1) is 0 Å². The number of amidine groups is 1. The Bertz CT molecular complexity index is 1270. The molecule has 1 fully saturated rings. The second kappa shape index (κ2) is 9.67. The number of aliphatic imine (C=N–C) groups is 1. The average molecular weight is 502 g/mol. The van der Waals surface area contributed by atoms with Crippen LogP contribution >= 0.6 is 0 Å². The van der Waals surface area contributed by atoms with Crippen LogP contribution in [0.15, 0.2) is 53.0 Å². The van der Waals surface area contributed by atoms with Crippen LogP contribution in [0.5, 0.6) is 11.5 Å². The monoisotopic (exact) mass is 501 g/mol. The third-order valence-corrected chi connectivity index (χ3v) is 6.23. The highest BCUT2D eigenvalue weighted by Crippen LogP contribution is 2.42. The van der Waals surface area contributed by atoms with Crippen LogP contribution in [0.25, 0.3) is 0 Å². The van der Waals surface area contributed by atoms with Crippen molar-refractivity contribution < 1.29 is 32.2 Å². The first kappa shape index (κ1) is 25.3. The summed E-state index contributed by atoms with van der Waals surface area (Å²) in [4.78, 5) is 31.5. The van der Waals surface area contributed by atoms with Gasteiger partial charge in [0.25, 0.3) is 0 Å². The molecule has 0 bridgehead atoms. The van der Waals surface area contributed by atoms with E-state index < -0.39 is 29.5 Å². The summed E-state index contributed by atoms with van der Waals surface area (Å²) in [6, 6.07) is 8.98. The summed E-state index contributed by atoms with van der Waals surface area (Å²) < 4.78 is 51.7. The lowest BCUT2D eigenvalue weighted by molar-refractivity contribution is -0.141. The molecular formula is C26H26F3N3O4. The number of hydrogen-bond acceptors (Lipinski definition) is 5. The molecule has 0 aliphatic carbocycles. The SMILES string of the molecule is COc1cc(C2C3=CCN=C3NC(=O)C2C(=O)N(C)C)ccc1OCc1ccc(C)cc1C(F)(F)F. The highest BCUT2D eigenvalue weighted by atomic mass is 19.4. The number of piperidine rings is 1. The predicted molar refractivity (Wildman–Crippen MR) is 127 cm³/mol. The summed E-state index contributed by atoms with van der Waals surface area (Å²) >= 11 is 0. The maximum atomic E-state index is 13.5. The van der Waals surface area contributed by atoms with Crippen LogP contribution in [0.2, 0.25) is 0 Å². The van der Waals surface area contributed by atoms with Crippen molar-refractivity contribution in [1.29, 1.82) is 0 Å². The molecule has 4 rings (SSSR count). The fraction of sp³-hybridized carbons (Fsp3) is 0.346. The van der Waals surface area contributed by atoms with Gasteiger partial charge in [-0.3, -0.25) is 14.6 Å². The molecule has 2 unspecified atom stereocenters. The van der Waals surface area contributed by atoms with Crippen LogP contribution < -0.4 is 14.8 Å². The van der Waals surface area contributed by atoms with Crippen LogP contribution in [-0.4, -0.2) is 50.3 Å². The van der Waals surface area contributed by atoms with Gasteiger partial charge in [0, 0.05) is 31.1 Å². The molecule has 2 atom stereocenters. The first-order valence-electron chi connectivity index (χ1n) is 11.3. The van der Waals surface area contributed by atoms with Gasteiger partial charge in [-0.05, 0) is 30.7 Å². The highest BCUT2D eigenvalue weighted by Gasteiger charge is 2.45. The van der Waals surface area contributed by atoms with Gasteiger partial charge >= 0.3 is 6.18 Å². The van der Waals surface area contributed by atoms with Crippen LogP contribution in [0.4, 0.5) is 13.2 Å². The molecular weight excluding hydrogens is 475 g/mol. The van der Waals surface area contributed by atoms with Gasteiger partial charge in [0.1, 0.15) is 18.4 Å². The highest BCUT2D eigenvalue weighted by molar-refractivity contribution is 6.18. The zero-order valence-corrected chi connectivity index (χ0v) is 20.3. The summed E-state index contributed by atoms with van der Waals surface area (Å²) in [7, 11) is 4.57. The predicted octanol–water partition coefficient (Wildman–Crippen LogP) is 3.86. The minimum atomic E-state index is -4.51. The third kappa shape index (κ3) is 4.80. The zero-order chi connectivity index (χ0) is 26.2. The van der Waals surface area contributed by atoms with Gasteiger partial charge in [0.05, 0.1) is 19.2 Å². The Morgan fingerprint density at radius 3 is 2.58 bits per heavy atom. The molecule has 2 aliphatic rings. The molecule has 2 aliphatic heterocycles. The Morgan fingerprint density at radius 2 is 1.92 bits per heavy atom. The maximum Gasteiger partial charge on any atom is 0.416 e. The lowest BCUT2D eigenvalue weighted by atomic mass is 9.76. The van der Waals surface area contributed by atoms with Crippen molar-refractivity contribution in [2.45, 2.75) is 25.6 Å². The number of nitrogens with zero attached hydrogens (tertiary/aromatic N) is 2. The summed E-state index contributed by atoms with van der Waals surface area (Å²) in [5.41, 5.74) is 1.10. The van der Waals surface area contributed by atoms with Crippen molar-refractivity contribution in [3.8, 4) is 11.5 Å². The molecule has 7 nitrogen and oxygen atoms in total. The average Bonchev–Trinajstić information content (AvgIpc) is 3.29. The minimum absolute atomic E-state index is 0.00297. The van der Waals surface area contributed by atoms with Crippen molar-refractivity contribution in [3.05, 3.63) is 70.3 Å². The van der Waals surface area contributed by atoms with Crippen molar-refractivity contribution in [2.75, 3.05) is 27.7 Å². The summed E-state index contributed by atoms with van der Waals surface area (Å²) in [6.45, 7) is 1.67. The van der Waals surface area contributed by atoms with E-state index in [1.165, 1.54) is 18.1 Å². The second-order valence-electron chi connectivity index (χ2n) is 8.88. The largest absolute Gasteiger partial charge is 0.493 e. The second-order valence-corrected chi connectivity index (χ2v) is 8.88. The number of fused-ring (bicyclic) bond motifs is 1. The quantitative estimate of drug-likeness (QED) is 0.610. The summed E-state index contributed by atoms with van der Waals surface area (Å²) in [6.07, 6.45) is -2.65. The minimum Gasteiger partial charge on any atom is -0.493 e. The Kier molecular flexibility index (Phi) is 6.79. The normalized spacial score (nSPS) is 19.1. The van der Waals surface area contributed by atoms with E-state index in [9.17, 15) is 22.8 Å². The van der Waals surface area contributed by atoms with Crippen molar-refractivity contribution >= 4 is 17.6 Å². The van der Waals surface area contributed by atoms with Crippen molar-refractivity contribution in [3.63, 3.8) is 0 Å². The van der Waals surface area contributed by atoms with Gasteiger partial charge < -0.3 is 19.7 Å². The van der Waals surface area contributed by atoms with Crippen LogP contribution in [0.1, 0.15) is 28.2 Å². The number of halogens is 3. The summed E-state index contributed by atoms with van der Waals surface area (Å²) in [5.74, 6) is -1.48. The van der Waals surface area contributed by atoms with Gasteiger partial charge in [0.2, 0.25) is 11.8 Å². The molecule has 1 saturated heterocycles. The first-order chi connectivity index (χ1) is 17.0. The molecule has 2 heterocycles. The van der Waals surface area contributed by atoms with E-state index in [0.717, 1.165) is 11.6 Å². The Balaban J connectivity index is 1.67. The van der Waals surface area contributed by atoms with E-state index >= 15 is 0 Å². The third-order valence-electron chi connectivity index (χ3n) is 6.23. The van der Waals surface area contributed by atoms with Crippen molar-refractivity contribution in [1.82, 2.24) is 10.2 Å². The molecule has 0 aromatic heterocycles. The van der Waals surface area contributed by atoms with E-state index in [1.807, 2.05) is 6.08 Å². The molecule has 10 heteroatoms. The number of carbonyl (C=O) groups excluding carboxylic acids is 2. The number of carbonyl (C=O) groups is 2. The van der Waals surface area contributed by atoms with E-state index in [0.29, 0.717) is 23.5 Å². The molecule has 0 spiro atoms. The molecule has 2 amide bonds. The topological polar surface area (TPSA) is 80.2 Å². The standard InChI is InChI=1S/C26H26F3N3O4/c1-14-5-6-16(18(11-14)26(27,28)29)13-36-19-8-7-15(12-20(19)35-4)21-17-9-10-30-23(17)31-24(33)22(21)25(34)32(2)3/h5-9,11-12,21-22H,10,13H2,1-4H3,(H,30,31,33). The fourth-order valence-corrected chi connectivity index (χ4v) is 4.47. The number of rotatable bonds is 6. The van der Waals surface area contributed by atoms with E-state index in [2.05, 4.69) is 10.3 Å². The number of alkyl halides is 3. The molecule has 0 radical (unpaired) electrons. The van der Waals surface area contributed by atoms with Gasteiger partial charge in [-0.25, -0.2) is 0 Å².